The van der Waals surface area contributed by atoms with E-state index in [9.17, 15) is 4.79 Å². The van der Waals surface area contributed by atoms with Crippen LogP contribution in [0.4, 0.5) is 5.82 Å². The van der Waals surface area contributed by atoms with Crippen molar-refractivity contribution in [3.05, 3.63) is 23.9 Å². The van der Waals surface area contributed by atoms with Crippen LogP contribution in [0.15, 0.2) is 18.3 Å². The zero-order valence-electron chi connectivity index (χ0n) is 8.18. The Morgan fingerprint density at radius 3 is 3.13 bits per heavy atom. The largest absolute Gasteiger partial charge is 0.459 e. The molecule has 1 aliphatic heterocycles. The Morgan fingerprint density at radius 1 is 1.73 bits per heavy atom. The lowest BCUT2D eigenvalue weighted by Crippen LogP contribution is -2.32. The molecule has 1 atom stereocenters. The van der Waals surface area contributed by atoms with E-state index in [4.69, 9.17) is 15.2 Å². The molecule has 0 radical (unpaired) electrons. The first-order valence-electron chi connectivity index (χ1n) is 4.76. The zero-order chi connectivity index (χ0) is 10.7. The average molecular weight is 208 g/mol. The molecule has 0 spiro atoms. The summed E-state index contributed by atoms with van der Waals surface area (Å²) >= 11 is 0. The smallest absolute Gasteiger partial charge is 0.341 e. The number of anilines is 1. The average Bonchev–Trinajstić information content (AvgIpc) is 2.16. The standard InChI is InChI=1S/C10H12N2O3/c11-9-8(2-1-4-12-9)10(13)15-6-7-3-5-14-7/h1-2,4,7H,3,5-6H2,(H2,11,12). The molecule has 1 unspecified atom stereocenters. The molecule has 1 fully saturated rings. The molecular weight excluding hydrogens is 196 g/mol. The van der Waals surface area contributed by atoms with Crippen molar-refractivity contribution in [2.24, 2.45) is 0 Å². The second-order valence-electron chi connectivity index (χ2n) is 3.32. The number of esters is 1. The van der Waals surface area contributed by atoms with E-state index in [1.165, 1.54) is 6.20 Å². The Morgan fingerprint density at radius 2 is 2.53 bits per heavy atom. The van der Waals surface area contributed by atoms with Gasteiger partial charge in [0.05, 0.1) is 6.10 Å². The monoisotopic (exact) mass is 208 g/mol. The van der Waals surface area contributed by atoms with Crippen molar-refractivity contribution < 1.29 is 14.3 Å². The number of ether oxygens (including phenoxy) is 2. The molecule has 1 aromatic heterocycles. The maximum Gasteiger partial charge on any atom is 0.341 e. The molecule has 1 aromatic rings. The van der Waals surface area contributed by atoms with Crippen molar-refractivity contribution in [1.29, 1.82) is 0 Å². The Hall–Kier alpha value is -1.62. The Kier molecular flexibility index (Phi) is 2.82. The number of rotatable bonds is 3. The number of nitrogens with zero attached hydrogens (tertiary/aromatic N) is 1. The molecule has 0 aromatic carbocycles. The van der Waals surface area contributed by atoms with E-state index in [-0.39, 0.29) is 18.5 Å². The van der Waals surface area contributed by atoms with Crippen molar-refractivity contribution >= 4 is 11.8 Å². The van der Waals surface area contributed by atoms with Gasteiger partial charge in [-0.2, -0.15) is 0 Å². The van der Waals surface area contributed by atoms with E-state index < -0.39 is 5.97 Å². The van der Waals surface area contributed by atoms with Gasteiger partial charge in [0.15, 0.2) is 0 Å². The molecule has 0 saturated carbocycles. The van der Waals surface area contributed by atoms with Crippen LogP contribution in [0, 0.1) is 0 Å². The lowest BCUT2D eigenvalue weighted by atomic mass is 10.2. The highest BCUT2D eigenvalue weighted by Gasteiger charge is 2.21. The first-order valence-corrected chi connectivity index (χ1v) is 4.76. The molecule has 0 aliphatic carbocycles. The highest BCUT2D eigenvalue weighted by Crippen LogP contribution is 2.13. The van der Waals surface area contributed by atoms with Crippen LogP contribution in [-0.4, -0.2) is 30.3 Å². The molecule has 0 bridgehead atoms. The quantitative estimate of drug-likeness (QED) is 0.736. The van der Waals surface area contributed by atoms with Gasteiger partial charge in [0.25, 0.3) is 0 Å². The number of aromatic nitrogens is 1. The lowest BCUT2D eigenvalue weighted by molar-refractivity contribution is -0.0824. The third-order valence-corrected chi connectivity index (χ3v) is 2.25. The zero-order valence-corrected chi connectivity index (χ0v) is 8.18. The molecule has 80 valence electrons. The van der Waals surface area contributed by atoms with Crippen LogP contribution in [-0.2, 0) is 9.47 Å². The number of nitrogen functional groups attached to an aromatic ring is 1. The molecule has 1 aliphatic rings. The first kappa shape index (κ1) is 9.92. The van der Waals surface area contributed by atoms with Gasteiger partial charge in [-0.25, -0.2) is 9.78 Å². The fourth-order valence-corrected chi connectivity index (χ4v) is 1.25. The van der Waals surface area contributed by atoms with Gasteiger partial charge in [-0.15, -0.1) is 0 Å². The molecule has 2 N–H and O–H groups in total. The van der Waals surface area contributed by atoms with Crippen LogP contribution in [0.2, 0.25) is 0 Å². The number of pyridine rings is 1. The fraction of sp³-hybridized carbons (Fsp3) is 0.400. The van der Waals surface area contributed by atoms with Gasteiger partial charge in [0.2, 0.25) is 0 Å². The predicted molar refractivity (Wildman–Crippen MR) is 53.3 cm³/mol. The number of hydrogen-bond acceptors (Lipinski definition) is 5. The van der Waals surface area contributed by atoms with Gasteiger partial charge in [0.1, 0.15) is 18.0 Å². The van der Waals surface area contributed by atoms with Gasteiger partial charge in [-0.05, 0) is 12.1 Å². The van der Waals surface area contributed by atoms with Crippen molar-refractivity contribution in [2.75, 3.05) is 18.9 Å². The minimum atomic E-state index is -0.448. The van der Waals surface area contributed by atoms with Gasteiger partial charge in [-0.3, -0.25) is 0 Å². The van der Waals surface area contributed by atoms with Crippen molar-refractivity contribution in [2.45, 2.75) is 12.5 Å². The molecule has 1 saturated heterocycles. The van der Waals surface area contributed by atoms with Gasteiger partial charge in [-0.1, -0.05) is 0 Å². The van der Waals surface area contributed by atoms with Crippen molar-refractivity contribution in [1.82, 2.24) is 4.98 Å². The third-order valence-electron chi connectivity index (χ3n) is 2.25. The van der Waals surface area contributed by atoms with Gasteiger partial charge in [0, 0.05) is 19.2 Å². The van der Waals surface area contributed by atoms with Gasteiger partial charge < -0.3 is 15.2 Å². The van der Waals surface area contributed by atoms with E-state index in [2.05, 4.69) is 4.98 Å². The second-order valence-corrected chi connectivity index (χ2v) is 3.32. The van der Waals surface area contributed by atoms with Crippen LogP contribution >= 0.6 is 0 Å². The molecule has 5 heteroatoms. The minimum absolute atomic E-state index is 0.0480. The van der Waals surface area contributed by atoms with Crippen LogP contribution in [0.1, 0.15) is 16.8 Å². The summed E-state index contributed by atoms with van der Waals surface area (Å²) in [7, 11) is 0. The number of nitrogens with two attached hydrogens (primary N) is 1. The molecule has 2 heterocycles. The summed E-state index contributed by atoms with van der Waals surface area (Å²) in [5.74, 6) is -0.256. The molecule has 2 rings (SSSR count). The number of carbonyl (C=O) groups excluding carboxylic acids is 1. The molecule has 0 amide bonds. The summed E-state index contributed by atoms with van der Waals surface area (Å²) in [6.07, 6.45) is 2.52. The highest BCUT2D eigenvalue weighted by molar-refractivity contribution is 5.93. The lowest BCUT2D eigenvalue weighted by Gasteiger charge is -2.25. The maximum absolute atomic E-state index is 11.5. The van der Waals surface area contributed by atoms with E-state index in [1.54, 1.807) is 12.1 Å². The predicted octanol–water partition coefficient (Wildman–Crippen LogP) is 0.609. The summed E-state index contributed by atoms with van der Waals surface area (Å²) in [4.78, 5) is 15.3. The van der Waals surface area contributed by atoms with E-state index in [0.717, 1.165) is 13.0 Å². The molecular formula is C10H12N2O3. The fourth-order valence-electron chi connectivity index (χ4n) is 1.25. The van der Waals surface area contributed by atoms with Crippen molar-refractivity contribution in [3.63, 3.8) is 0 Å². The molecule has 5 nitrogen and oxygen atoms in total. The summed E-state index contributed by atoms with van der Waals surface area (Å²) < 4.78 is 10.2. The summed E-state index contributed by atoms with van der Waals surface area (Å²) in [5, 5.41) is 0. The van der Waals surface area contributed by atoms with Crippen LogP contribution in [0.25, 0.3) is 0 Å². The van der Waals surface area contributed by atoms with Crippen LogP contribution in [0.5, 0.6) is 0 Å². The SMILES string of the molecule is Nc1ncccc1C(=O)OCC1CCO1. The Balaban J connectivity index is 1.92. The minimum Gasteiger partial charge on any atom is -0.459 e. The summed E-state index contributed by atoms with van der Waals surface area (Å²) in [6, 6.07) is 3.24. The summed E-state index contributed by atoms with van der Waals surface area (Å²) in [6.45, 7) is 1.03. The van der Waals surface area contributed by atoms with Gasteiger partial charge >= 0.3 is 5.97 Å². The molecule has 15 heavy (non-hydrogen) atoms. The van der Waals surface area contributed by atoms with Crippen LogP contribution in [0.3, 0.4) is 0 Å². The maximum atomic E-state index is 11.5. The highest BCUT2D eigenvalue weighted by atomic mass is 16.6. The second kappa shape index (κ2) is 4.27. The van der Waals surface area contributed by atoms with Crippen molar-refractivity contribution in [3.8, 4) is 0 Å². The Bertz CT molecular complexity index is 363. The van der Waals surface area contributed by atoms with E-state index >= 15 is 0 Å². The Labute approximate surface area is 87.2 Å². The topological polar surface area (TPSA) is 74.4 Å². The summed E-state index contributed by atoms with van der Waals surface area (Å²) in [5.41, 5.74) is 5.83. The van der Waals surface area contributed by atoms with E-state index in [1.807, 2.05) is 0 Å². The van der Waals surface area contributed by atoms with E-state index in [0.29, 0.717) is 5.56 Å². The first-order chi connectivity index (χ1) is 7.27. The number of hydrogen-bond donors (Lipinski definition) is 1. The van der Waals surface area contributed by atoms with Crippen LogP contribution < -0.4 is 5.73 Å². The number of carbonyl (C=O) groups is 1. The normalized spacial score (nSPS) is 19.3. The third kappa shape index (κ3) is 2.24.